The quantitative estimate of drug-likeness (QED) is 0.683. The maximum absolute atomic E-state index is 5.65. The van der Waals surface area contributed by atoms with E-state index in [0.717, 1.165) is 6.54 Å². The summed E-state index contributed by atoms with van der Waals surface area (Å²) >= 11 is 1.92. The molecule has 1 rings (SSSR count). The van der Waals surface area contributed by atoms with Crippen molar-refractivity contribution in [2.45, 2.75) is 18.9 Å². The molecule has 1 aliphatic rings. The van der Waals surface area contributed by atoms with E-state index in [2.05, 4.69) is 11.2 Å². The van der Waals surface area contributed by atoms with Gasteiger partial charge in [-0.25, -0.2) is 0 Å². The van der Waals surface area contributed by atoms with Crippen molar-refractivity contribution in [2.24, 2.45) is 5.73 Å². The van der Waals surface area contributed by atoms with Gasteiger partial charge in [0, 0.05) is 24.9 Å². The van der Waals surface area contributed by atoms with E-state index in [1.54, 1.807) is 0 Å². The summed E-state index contributed by atoms with van der Waals surface area (Å²) in [5.41, 5.74) is 5.65. The Balaban J connectivity index is 2.20. The summed E-state index contributed by atoms with van der Waals surface area (Å²) in [6.45, 7) is 3.33. The van der Waals surface area contributed by atoms with Gasteiger partial charge < -0.3 is 5.73 Å². The zero-order chi connectivity index (χ0) is 8.10. The van der Waals surface area contributed by atoms with Crippen LogP contribution in [0, 0.1) is 0 Å². The first kappa shape index (κ1) is 9.36. The molecule has 2 nitrogen and oxygen atoms in total. The standard InChI is InChI=1S/C8H18N2S/c1-11-6-5-10-4-2-3-8(10)7-9/h8H,2-7,9H2,1H3. The van der Waals surface area contributed by atoms with E-state index < -0.39 is 0 Å². The van der Waals surface area contributed by atoms with E-state index in [9.17, 15) is 0 Å². The van der Waals surface area contributed by atoms with Crippen LogP contribution in [0.4, 0.5) is 0 Å². The van der Waals surface area contributed by atoms with Crippen LogP contribution in [-0.4, -0.2) is 42.6 Å². The first-order chi connectivity index (χ1) is 5.38. The Morgan fingerprint density at radius 1 is 1.64 bits per heavy atom. The van der Waals surface area contributed by atoms with Crippen molar-refractivity contribution in [1.29, 1.82) is 0 Å². The van der Waals surface area contributed by atoms with Crippen LogP contribution < -0.4 is 5.73 Å². The van der Waals surface area contributed by atoms with Crippen molar-refractivity contribution in [3.63, 3.8) is 0 Å². The van der Waals surface area contributed by atoms with Crippen LogP contribution in [0.5, 0.6) is 0 Å². The minimum atomic E-state index is 0.683. The molecule has 0 aromatic rings. The molecule has 1 saturated heterocycles. The monoisotopic (exact) mass is 174 g/mol. The lowest BCUT2D eigenvalue weighted by atomic mass is 10.2. The van der Waals surface area contributed by atoms with Crippen LogP contribution in [0.2, 0.25) is 0 Å². The molecule has 0 radical (unpaired) electrons. The Morgan fingerprint density at radius 2 is 2.45 bits per heavy atom. The second-order valence-electron chi connectivity index (χ2n) is 3.06. The number of hydrogen-bond donors (Lipinski definition) is 1. The van der Waals surface area contributed by atoms with E-state index in [0.29, 0.717) is 6.04 Å². The highest BCUT2D eigenvalue weighted by molar-refractivity contribution is 7.98. The zero-order valence-electron chi connectivity index (χ0n) is 7.25. The molecular formula is C8H18N2S. The number of thioether (sulfide) groups is 1. The van der Waals surface area contributed by atoms with Crippen LogP contribution in [-0.2, 0) is 0 Å². The molecule has 0 saturated carbocycles. The van der Waals surface area contributed by atoms with Crippen LogP contribution >= 0.6 is 11.8 Å². The normalized spacial score (nSPS) is 26.2. The molecule has 1 heterocycles. The van der Waals surface area contributed by atoms with E-state index >= 15 is 0 Å². The fourth-order valence-electron chi connectivity index (χ4n) is 1.66. The minimum absolute atomic E-state index is 0.683. The lowest BCUT2D eigenvalue weighted by Gasteiger charge is -2.22. The van der Waals surface area contributed by atoms with Crippen molar-refractivity contribution in [3.8, 4) is 0 Å². The van der Waals surface area contributed by atoms with Crippen molar-refractivity contribution < 1.29 is 0 Å². The van der Waals surface area contributed by atoms with Gasteiger partial charge >= 0.3 is 0 Å². The van der Waals surface area contributed by atoms with Crippen LogP contribution in [0.25, 0.3) is 0 Å². The highest BCUT2D eigenvalue weighted by Crippen LogP contribution is 2.15. The molecule has 2 N–H and O–H groups in total. The van der Waals surface area contributed by atoms with Crippen molar-refractivity contribution in [2.75, 3.05) is 31.6 Å². The highest BCUT2D eigenvalue weighted by atomic mass is 32.2. The average molecular weight is 174 g/mol. The van der Waals surface area contributed by atoms with Crippen LogP contribution in [0.1, 0.15) is 12.8 Å². The summed E-state index contributed by atoms with van der Waals surface area (Å²) < 4.78 is 0. The number of hydrogen-bond acceptors (Lipinski definition) is 3. The third kappa shape index (κ3) is 2.65. The molecule has 1 aliphatic heterocycles. The minimum Gasteiger partial charge on any atom is -0.329 e. The van der Waals surface area contributed by atoms with Crippen LogP contribution in [0.15, 0.2) is 0 Å². The first-order valence-corrected chi connectivity index (χ1v) is 5.71. The molecule has 0 aromatic carbocycles. The Labute approximate surface area is 73.5 Å². The molecule has 3 heteroatoms. The molecule has 1 fully saturated rings. The van der Waals surface area contributed by atoms with Crippen molar-refractivity contribution in [3.05, 3.63) is 0 Å². The second kappa shape index (κ2) is 5.01. The van der Waals surface area contributed by atoms with Gasteiger partial charge in [-0.2, -0.15) is 11.8 Å². The summed E-state index contributed by atoms with van der Waals surface area (Å²) in [5.74, 6) is 1.25. The average Bonchev–Trinajstić information content (AvgIpc) is 2.47. The number of nitrogens with two attached hydrogens (primary N) is 1. The van der Waals surface area contributed by atoms with Gasteiger partial charge in [-0.3, -0.25) is 4.90 Å². The number of nitrogens with zero attached hydrogens (tertiary/aromatic N) is 1. The molecule has 66 valence electrons. The predicted octanol–water partition coefficient (Wildman–Crippen LogP) is 0.772. The molecule has 0 aliphatic carbocycles. The predicted molar refractivity (Wildman–Crippen MR) is 52.0 cm³/mol. The number of rotatable bonds is 4. The van der Waals surface area contributed by atoms with Gasteiger partial charge in [0.25, 0.3) is 0 Å². The Hall–Kier alpha value is 0.270. The van der Waals surface area contributed by atoms with Gasteiger partial charge in [0.15, 0.2) is 0 Å². The topological polar surface area (TPSA) is 29.3 Å². The van der Waals surface area contributed by atoms with Gasteiger partial charge in [-0.1, -0.05) is 0 Å². The fourth-order valence-corrected chi connectivity index (χ4v) is 2.08. The van der Waals surface area contributed by atoms with Crippen molar-refractivity contribution in [1.82, 2.24) is 4.90 Å². The Morgan fingerprint density at radius 3 is 3.09 bits per heavy atom. The third-order valence-electron chi connectivity index (χ3n) is 2.35. The molecule has 1 atom stereocenters. The number of likely N-dealkylation sites (tertiary alicyclic amines) is 1. The van der Waals surface area contributed by atoms with Gasteiger partial charge in [0.2, 0.25) is 0 Å². The fraction of sp³-hybridized carbons (Fsp3) is 1.00. The van der Waals surface area contributed by atoms with E-state index in [-0.39, 0.29) is 0 Å². The Kier molecular flexibility index (Phi) is 4.26. The molecule has 11 heavy (non-hydrogen) atoms. The largest absolute Gasteiger partial charge is 0.329 e. The lowest BCUT2D eigenvalue weighted by Crippen LogP contribution is -2.36. The van der Waals surface area contributed by atoms with Gasteiger partial charge in [0.1, 0.15) is 0 Å². The summed E-state index contributed by atoms with van der Waals surface area (Å²) in [7, 11) is 0. The summed E-state index contributed by atoms with van der Waals surface area (Å²) in [5, 5.41) is 0. The third-order valence-corrected chi connectivity index (χ3v) is 2.94. The summed E-state index contributed by atoms with van der Waals surface area (Å²) in [4.78, 5) is 2.52. The van der Waals surface area contributed by atoms with E-state index in [1.165, 1.54) is 31.7 Å². The summed E-state index contributed by atoms with van der Waals surface area (Å²) in [6.07, 6.45) is 4.81. The molecular weight excluding hydrogens is 156 g/mol. The van der Waals surface area contributed by atoms with Gasteiger partial charge in [0.05, 0.1) is 0 Å². The maximum Gasteiger partial charge on any atom is 0.0219 e. The maximum atomic E-state index is 5.65. The molecule has 1 unspecified atom stereocenters. The van der Waals surface area contributed by atoms with Gasteiger partial charge in [-0.05, 0) is 25.6 Å². The second-order valence-corrected chi connectivity index (χ2v) is 4.05. The Bertz CT molecular complexity index is 108. The molecule has 0 bridgehead atoms. The van der Waals surface area contributed by atoms with E-state index in [4.69, 9.17) is 5.73 Å². The molecule has 0 aromatic heterocycles. The smallest absolute Gasteiger partial charge is 0.0219 e. The lowest BCUT2D eigenvalue weighted by molar-refractivity contribution is 0.275. The SMILES string of the molecule is CSCCN1CCCC1CN. The van der Waals surface area contributed by atoms with Gasteiger partial charge in [-0.15, -0.1) is 0 Å². The summed E-state index contributed by atoms with van der Waals surface area (Å²) in [6, 6.07) is 0.683. The first-order valence-electron chi connectivity index (χ1n) is 4.31. The zero-order valence-corrected chi connectivity index (χ0v) is 8.07. The molecule has 0 amide bonds. The van der Waals surface area contributed by atoms with Crippen molar-refractivity contribution >= 4 is 11.8 Å². The van der Waals surface area contributed by atoms with E-state index in [1.807, 2.05) is 11.8 Å². The van der Waals surface area contributed by atoms with Crippen LogP contribution in [0.3, 0.4) is 0 Å². The highest BCUT2D eigenvalue weighted by Gasteiger charge is 2.21. The molecule has 0 spiro atoms.